The van der Waals surface area contributed by atoms with Crippen molar-refractivity contribution in [2.75, 3.05) is 13.2 Å². The molecule has 0 amide bonds. The van der Waals surface area contributed by atoms with E-state index in [4.69, 9.17) is 4.74 Å². The lowest BCUT2D eigenvalue weighted by Crippen LogP contribution is -3.14. The van der Waals surface area contributed by atoms with Crippen LogP contribution in [0.5, 0.6) is 5.75 Å². The Labute approximate surface area is 110 Å². The summed E-state index contributed by atoms with van der Waals surface area (Å²) in [6.07, 6.45) is 5.90. The van der Waals surface area contributed by atoms with E-state index in [1.165, 1.54) is 31.4 Å². The highest BCUT2D eigenvalue weighted by Gasteiger charge is 2.22. The van der Waals surface area contributed by atoms with E-state index in [1.54, 1.807) is 11.0 Å². The molecule has 98 valence electrons. The Kier molecular flexibility index (Phi) is 4.82. The van der Waals surface area contributed by atoms with E-state index in [9.17, 15) is 0 Å². The van der Waals surface area contributed by atoms with Gasteiger partial charge in [0, 0.05) is 5.56 Å². The highest BCUT2D eigenvalue weighted by atomic mass is 16.5. The molecule has 2 rings (SSSR count). The molecule has 0 saturated carbocycles. The number of benzene rings is 1. The second-order valence-corrected chi connectivity index (χ2v) is 5.19. The molecule has 1 aromatic carbocycles. The Morgan fingerprint density at radius 3 is 3.00 bits per heavy atom. The SMILES string of the molecule is C=CCOc1ccccc1C[NH+]1CCCC[C@@H]1C. The number of likely N-dealkylation sites (tertiary alicyclic amines) is 1. The van der Waals surface area contributed by atoms with Crippen LogP contribution in [-0.4, -0.2) is 19.2 Å². The van der Waals surface area contributed by atoms with Crippen molar-refractivity contribution in [1.82, 2.24) is 0 Å². The van der Waals surface area contributed by atoms with E-state index < -0.39 is 0 Å². The van der Waals surface area contributed by atoms with Gasteiger partial charge in [0.1, 0.15) is 18.9 Å². The third-order valence-electron chi connectivity index (χ3n) is 3.83. The first-order valence-corrected chi connectivity index (χ1v) is 6.97. The summed E-state index contributed by atoms with van der Waals surface area (Å²) in [5, 5.41) is 0. The molecule has 1 aliphatic rings. The Balaban J connectivity index is 2.05. The summed E-state index contributed by atoms with van der Waals surface area (Å²) in [7, 11) is 0. The Morgan fingerprint density at radius 2 is 2.22 bits per heavy atom. The van der Waals surface area contributed by atoms with Gasteiger partial charge >= 0.3 is 0 Å². The Morgan fingerprint density at radius 1 is 1.39 bits per heavy atom. The number of nitrogens with one attached hydrogen (secondary N) is 1. The molecular formula is C16H24NO+. The largest absolute Gasteiger partial charge is 0.489 e. The van der Waals surface area contributed by atoms with Gasteiger partial charge in [-0.15, -0.1) is 0 Å². The zero-order chi connectivity index (χ0) is 12.8. The van der Waals surface area contributed by atoms with E-state index >= 15 is 0 Å². The highest BCUT2D eigenvalue weighted by Crippen LogP contribution is 2.17. The van der Waals surface area contributed by atoms with Crippen LogP contribution in [0.4, 0.5) is 0 Å². The molecule has 2 nitrogen and oxygen atoms in total. The second-order valence-electron chi connectivity index (χ2n) is 5.19. The Hall–Kier alpha value is -1.28. The van der Waals surface area contributed by atoms with Crippen molar-refractivity contribution < 1.29 is 9.64 Å². The number of rotatable bonds is 5. The van der Waals surface area contributed by atoms with E-state index in [0.717, 1.165) is 18.3 Å². The van der Waals surface area contributed by atoms with Gasteiger partial charge in [-0.25, -0.2) is 0 Å². The van der Waals surface area contributed by atoms with Crippen LogP contribution in [0.15, 0.2) is 36.9 Å². The van der Waals surface area contributed by atoms with Gasteiger partial charge in [0.05, 0.1) is 12.6 Å². The van der Waals surface area contributed by atoms with E-state index in [0.29, 0.717) is 6.61 Å². The molecule has 1 heterocycles. The molecule has 0 aliphatic carbocycles. The lowest BCUT2D eigenvalue weighted by molar-refractivity contribution is -0.941. The second kappa shape index (κ2) is 6.60. The molecule has 1 unspecified atom stereocenters. The molecule has 2 heteroatoms. The fourth-order valence-electron chi connectivity index (χ4n) is 2.70. The maximum atomic E-state index is 5.73. The minimum absolute atomic E-state index is 0.585. The predicted molar refractivity (Wildman–Crippen MR) is 75.0 cm³/mol. The quantitative estimate of drug-likeness (QED) is 0.786. The molecule has 1 fully saturated rings. The van der Waals surface area contributed by atoms with Crippen molar-refractivity contribution in [3.63, 3.8) is 0 Å². The average molecular weight is 246 g/mol. The lowest BCUT2D eigenvalue weighted by Gasteiger charge is -2.30. The number of quaternary nitrogens is 1. The number of hydrogen-bond donors (Lipinski definition) is 1. The van der Waals surface area contributed by atoms with Crippen LogP contribution >= 0.6 is 0 Å². The van der Waals surface area contributed by atoms with Crippen LogP contribution < -0.4 is 9.64 Å². The minimum Gasteiger partial charge on any atom is -0.489 e. The zero-order valence-corrected chi connectivity index (χ0v) is 11.3. The van der Waals surface area contributed by atoms with Gasteiger partial charge in [0.15, 0.2) is 0 Å². The number of para-hydroxylation sites is 1. The minimum atomic E-state index is 0.585. The van der Waals surface area contributed by atoms with Crippen LogP contribution in [0.2, 0.25) is 0 Å². The summed E-state index contributed by atoms with van der Waals surface area (Å²) >= 11 is 0. The van der Waals surface area contributed by atoms with Crippen LogP contribution in [0.1, 0.15) is 31.7 Å². The normalized spacial score (nSPS) is 23.6. The van der Waals surface area contributed by atoms with Gasteiger partial charge in [0.25, 0.3) is 0 Å². The van der Waals surface area contributed by atoms with Crippen molar-refractivity contribution in [3.8, 4) is 5.75 Å². The molecule has 1 saturated heterocycles. The van der Waals surface area contributed by atoms with Gasteiger partial charge in [-0.1, -0.05) is 24.8 Å². The molecule has 0 aromatic heterocycles. The maximum Gasteiger partial charge on any atom is 0.128 e. The first-order chi connectivity index (χ1) is 8.81. The summed E-state index contributed by atoms with van der Waals surface area (Å²) in [6, 6.07) is 9.16. The Bertz CT molecular complexity index is 388. The maximum absolute atomic E-state index is 5.73. The van der Waals surface area contributed by atoms with Crippen molar-refractivity contribution >= 4 is 0 Å². The number of hydrogen-bond acceptors (Lipinski definition) is 1. The van der Waals surface area contributed by atoms with E-state index in [2.05, 4.69) is 31.7 Å². The van der Waals surface area contributed by atoms with Crippen LogP contribution in [0.25, 0.3) is 0 Å². The van der Waals surface area contributed by atoms with Crippen LogP contribution in [0.3, 0.4) is 0 Å². The van der Waals surface area contributed by atoms with Crippen molar-refractivity contribution in [1.29, 1.82) is 0 Å². The van der Waals surface area contributed by atoms with Gasteiger partial charge in [0.2, 0.25) is 0 Å². The fourth-order valence-corrected chi connectivity index (χ4v) is 2.70. The molecule has 2 atom stereocenters. The van der Waals surface area contributed by atoms with Crippen molar-refractivity contribution in [2.24, 2.45) is 0 Å². The van der Waals surface area contributed by atoms with E-state index in [1.807, 2.05) is 6.07 Å². The molecule has 1 aliphatic heterocycles. The zero-order valence-electron chi connectivity index (χ0n) is 11.3. The third kappa shape index (κ3) is 3.36. The topological polar surface area (TPSA) is 13.7 Å². The predicted octanol–water partition coefficient (Wildman–Crippen LogP) is 2.21. The molecular weight excluding hydrogens is 222 g/mol. The third-order valence-corrected chi connectivity index (χ3v) is 3.83. The highest BCUT2D eigenvalue weighted by molar-refractivity contribution is 5.32. The molecule has 1 N–H and O–H groups in total. The molecule has 1 aromatic rings. The summed E-state index contributed by atoms with van der Waals surface area (Å²) in [4.78, 5) is 1.69. The molecule has 18 heavy (non-hydrogen) atoms. The van der Waals surface area contributed by atoms with Gasteiger partial charge < -0.3 is 9.64 Å². The molecule has 0 radical (unpaired) electrons. The standard InChI is InChI=1S/C16H23NO/c1-3-12-18-16-10-5-4-9-15(16)13-17-11-7-6-8-14(17)2/h3-5,9-10,14H,1,6-8,11-13H2,2H3/p+1/t14-/m0/s1. The first-order valence-electron chi connectivity index (χ1n) is 6.97. The van der Waals surface area contributed by atoms with Gasteiger partial charge in [-0.3, -0.25) is 0 Å². The summed E-state index contributed by atoms with van der Waals surface area (Å²) in [6.45, 7) is 9.02. The summed E-state index contributed by atoms with van der Waals surface area (Å²) < 4.78 is 5.73. The number of piperidine rings is 1. The van der Waals surface area contributed by atoms with Crippen molar-refractivity contribution in [3.05, 3.63) is 42.5 Å². The van der Waals surface area contributed by atoms with E-state index in [-0.39, 0.29) is 0 Å². The smallest absolute Gasteiger partial charge is 0.128 e. The number of ether oxygens (including phenoxy) is 1. The summed E-state index contributed by atoms with van der Waals surface area (Å²) in [5.41, 5.74) is 1.32. The van der Waals surface area contributed by atoms with Crippen molar-refractivity contribution in [2.45, 2.75) is 38.8 Å². The van der Waals surface area contributed by atoms with Crippen LogP contribution in [0, 0.1) is 0 Å². The lowest BCUT2D eigenvalue weighted by atomic mass is 10.0. The first kappa shape index (κ1) is 13.2. The average Bonchev–Trinajstić information content (AvgIpc) is 2.40. The monoisotopic (exact) mass is 246 g/mol. The van der Waals surface area contributed by atoms with Crippen LogP contribution in [-0.2, 0) is 6.54 Å². The fraction of sp³-hybridized carbons (Fsp3) is 0.500. The molecule has 0 spiro atoms. The summed E-state index contributed by atoms with van der Waals surface area (Å²) in [5.74, 6) is 1.02. The van der Waals surface area contributed by atoms with Gasteiger partial charge in [-0.2, -0.15) is 0 Å². The van der Waals surface area contributed by atoms with Gasteiger partial charge in [-0.05, 0) is 38.3 Å². The molecule has 0 bridgehead atoms.